The Morgan fingerprint density at radius 2 is 2.24 bits per heavy atom. The maximum Gasteiger partial charge on any atom is 0.255 e. The van der Waals surface area contributed by atoms with Gasteiger partial charge >= 0.3 is 0 Å². The van der Waals surface area contributed by atoms with E-state index in [9.17, 15) is 4.79 Å². The van der Waals surface area contributed by atoms with Crippen molar-refractivity contribution < 1.29 is 4.79 Å². The van der Waals surface area contributed by atoms with Gasteiger partial charge in [-0.25, -0.2) is 0 Å². The van der Waals surface area contributed by atoms with Crippen LogP contribution >= 0.6 is 0 Å². The van der Waals surface area contributed by atoms with Gasteiger partial charge in [-0.2, -0.15) is 0 Å². The lowest BCUT2D eigenvalue weighted by Gasteiger charge is -2.31. The second-order valence-corrected chi connectivity index (χ2v) is 4.61. The van der Waals surface area contributed by atoms with Crippen LogP contribution in [0.1, 0.15) is 28.9 Å². The van der Waals surface area contributed by atoms with Gasteiger partial charge in [-0.3, -0.25) is 9.78 Å². The number of nitrogens with two attached hydrogens (primary N) is 1. The number of rotatable bonds is 2. The molecule has 1 fully saturated rings. The molecule has 1 aromatic heterocycles. The third-order valence-corrected chi connectivity index (χ3v) is 3.47. The number of amides is 1. The van der Waals surface area contributed by atoms with Crippen LogP contribution in [0.25, 0.3) is 0 Å². The first-order valence-corrected chi connectivity index (χ1v) is 6.13. The molecule has 92 valence electrons. The van der Waals surface area contributed by atoms with Crippen molar-refractivity contribution in [2.75, 3.05) is 19.6 Å². The second-order valence-electron chi connectivity index (χ2n) is 4.61. The highest BCUT2D eigenvalue weighted by Crippen LogP contribution is 2.18. The second kappa shape index (κ2) is 5.27. The van der Waals surface area contributed by atoms with Crippen molar-refractivity contribution in [2.24, 2.45) is 11.7 Å². The normalized spacial score (nSPS) is 17.2. The highest BCUT2D eigenvalue weighted by Gasteiger charge is 2.23. The molecule has 0 radical (unpaired) electrons. The van der Waals surface area contributed by atoms with E-state index in [2.05, 4.69) is 4.98 Å². The van der Waals surface area contributed by atoms with Crippen molar-refractivity contribution in [1.82, 2.24) is 9.88 Å². The molecule has 0 spiro atoms. The highest BCUT2D eigenvalue weighted by molar-refractivity contribution is 5.95. The third-order valence-electron chi connectivity index (χ3n) is 3.47. The maximum atomic E-state index is 12.3. The highest BCUT2D eigenvalue weighted by atomic mass is 16.2. The molecule has 1 aromatic rings. The van der Waals surface area contributed by atoms with Gasteiger partial charge in [0.15, 0.2) is 0 Å². The fourth-order valence-electron chi connectivity index (χ4n) is 2.25. The number of hydrogen-bond donors (Lipinski definition) is 1. The molecule has 0 unspecified atom stereocenters. The lowest BCUT2D eigenvalue weighted by atomic mass is 9.96. The molecule has 2 rings (SSSR count). The van der Waals surface area contributed by atoms with E-state index in [-0.39, 0.29) is 5.91 Å². The number of piperidine rings is 1. The van der Waals surface area contributed by atoms with Gasteiger partial charge in [-0.15, -0.1) is 0 Å². The van der Waals surface area contributed by atoms with Crippen molar-refractivity contribution in [1.29, 1.82) is 0 Å². The molecule has 2 heterocycles. The minimum absolute atomic E-state index is 0.103. The molecule has 1 saturated heterocycles. The number of nitrogens with zero attached hydrogens (tertiary/aromatic N) is 2. The molecule has 2 N–H and O–H groups in total. The zero-order valence-corrected chi connectivity index (χ0v) is 10.2. The van der Waals surface area contributed by atoms with Gasteiger partial charge in [0, 0.05) is 25.0 Å². The topological polar surface area (TPSA) is 59.2 Å². The molecule has 4 nitrogen and oxygen atoms in total. The molecule has 0 bridgehead atoms. The molecule has 0 aromatic carbocycles. The van der Waals surface area contributed by atoms with Crippen LogP contribution in [-0.4, -0.2) is 35.4 Å². The van der Waals surface area contributed by atoms with E-state index in [1.807, 2.05) is 24.0 Å². The molecule has 0 saturated carbocycles. The number of hydrogen-bond acceptors (Lipinski definition) is 3. The average molecular weight is 233 g/mol. The third kappa shape index (κ3) is 2.64. The molecule has 1 aliphatic rings. The van der Waals surface area contributed by atoms with Gasteiger partial charge in [0.05, 0.1) is 5.56 Å². The van der Waals surface area contributed by atoms with Crippen molar-refractivity contribution in [3.05, 3.63) is 29.6 Å². The largest absolute Gasteiger partial charge is 0.339 e. The van der Waals surface area contributed by atoms with Crippen LogP contribution in [0.3, 0.4) is 0 Å². The number of likely N-dealkylation sites (tertiary alicyclic amines) is 1. The molecule has 4 heteroatoms. The van der Waals surface area contributed by atoms with E-state index in [4.69, 9.17) is 5.73 Å². The number of pyridine rings is 1. The Balaban J connectivity index is 2.04. The molecule has 17 heavy (non-hydrogen) atoms. The Bertz CT molecular complexity index is 397. The summed E-state index contributed by atoms with van der Waals surface area (Å²) in [7, 11) is 0. The van der Waals surface area contributed by atoms with E-state index in [0.717, 1.165) is 43.7 Å². The summed E-state index contributed by atoms with van der Waals surface area (Å²) in [5.41, 5.74) is 7.17. The van der Waals surface area contributed by atoms with Crippen LogP contribution in [0.4, 0.5) is 0 Å². The summed E-state index contributed by atoms with van der Waals surface area (Å²) in [5, 5.41) is 0. The van der Waals surface area contributed by atoms with Crippen molar-refractivity contribution in [3.8, 4) is 0 Å². The molecule has 0 aliphatic carbocycles. The van der Waals surface area contributed by atoms with Crippen molar-refractivity contribution >= 4 is 5.91 Å². The van der Waals surface area contributed by atoms with Gasteiger partial charge in [-0.05, 0) is 44.4 Å². The van der Waals surface area contributed by atoms with Crippen molar-refractivity contribution in [3.63, 3.8) is 0 Å². The van der Waals surface area contributed by atoms with E-state index in [1.165, 1.54) is 0 Å². The fraction of sp³-hybridized carbons (Fsp3) is 0.538. The van der Waals surface area contributed by atoms with E-state index < -0.39 is 0 Å². The fourth-order valence-corrected chi connectivity index (χ4v) is 2.25. The predicted molar refractivity (Wildman–Crippen MR) is 66.7 cm³/mol. The van der Waals surface area contributed by atoms with Crippen LogP contribution in [0.15, 0.2) is 18.3 Å². The van der Waals surface area contributed by atoms with E-state index >= 15 is 0 Å². The first-order chi connectivity index (χ1) is 8.22. The minimum Gasteiger partial charge on any atom is -0.339 e. The summed E-state index contributed by atoms with van der Waals surface area (Å²) in [6.07, 6.45) is 3.75. The van der Waals surface area contributed by atoms with Crippen molar-refractivity contribution in [2.45, 2.75) is 19.8 Å². The quantitative estimate of drug-likeness (QED) is 0.835. The Hall–Kier alpha value is -1.42. The first kappa shape index (κ1) is 12.0. The lowest BCUT2D eigenvalue weighted by Crippen LogP contribution is -2.40. The van der Waals surface area contributed by atoms with Gasteiger partial charge in [0.1, 0.15) is 0 Å². The van der Waals surface area contributed by atoms with Gasteiger partial charge in [0.2, 0.25) is 0 Å². The molecule has 1 aliphatic heterocycles. The van der Waals surface area contributed by atoms with Gasteiger partial charge in [0.25, 0.3) is 5.91 Å². The minimum atomic E-state index is 0.103. The Morgan fingerprint density at radius 1 is 1.53 bits per heavy atom. The summed E-state index contributed by atoms with van der Waals surface area (Å²) < 4.78 is 0. The average Bonchev–Trinajstić information content (AvgIpc) is 2.39. The van der Waals surface area contributed by atoms with Crippen LogP contribution in [0, 0.1) is 12.8 Å². The molecule has 0 atom stereocenters. The van der Waals surface area contributed by atoms with Crippen LogP contribution in [0.5, 0.6) is 0 Å². The predicted octanol–water partition coefficient (Wildman–Crippen LogP) is 1.20. The SMILES string of the molecule is Cc1ncccc1C(=O)N1CCC(CN)CC1. The van der Waals surface area contributed by atoms with Crippen LogP contribution < -0.4 is 5.73 Å². The monoisotopic (exact) mass is 233 g/mol. The molecular weight excluding hydrogens is 214 g/mol. The lowest BCUT2D eigenvalue weighted by molar-refractivity contribution is 0.0692. The van der Waals surface area contributed by atoms with Gasteiger partial charge in [-0.1, -0.05) is 0 Å². The number of carbonyl (C=O) groups is 1. The summed E-state index contributed by atoms with van der Waals surface area (Å²) >= 11 is 0. The molecule has 1 amide bonds. The Morgan fingerprint density at radius 3 is 2.82 bits per heavy atom. The zero-order valence-electron chi connectivity index (χ0n) is 10.2. The number of aromatic nitrogens is 1. The standard InChI is InChI=1S/C13H19N3O/c1-10-12(3-2-6-15-10)13(17)16-7-4-11(9-14)5-8-16/h2-3,6,11H,4-5,7-9,14H2,1H3. The number of carbonyl (C=O) groups excluding carboxylic acids is 1. The summed E-state index contributed by atoms with van der Waals surface area (Å²) in [4.78, 5) is 18.3. The van der Waals surface area contributed by atoms with E-state index in [1.54, 1.807) is 6.20 Å². The van der Waals surface area contributed by atoms with Gasteiger partial charge < -0.3 is 10.6 Å². The van der Waals surface area contributed by atoms with E-state index in [0.29, 0.717) is 5.92 Å². The summed E-state index contributed by atoms with van der Waals surface area (Å²) in [6, 6.07) is 3.66. The first-order valence-electron chi connectivity index (χ1n) is 6.13. The smallest absolute Gasteiger partial charge is 0.255 e. The molecular formula is C13H19N3O. The Labute approximate surface area is 102 Å². The van der Waals surface area contributed by atoms with Crippen LogP contribution in [-0.2, 0) is 0 Å². The number of aryl methyl sites for hydroxylation is 1. The zero-order chi connectivity index (χ0) is 12.3. The van der Waals surface area contributed by atoms with Crippen LogP contribution in [0.2, 0.25) is 0 Å². The maximum absolute atomic E-state index is 12.3. The Kier molecular flexibility index (Phi) is 3.74. The summed E-state index contributed by atoms with van der Waals surface area (Å²) in [6.45, 7) is 4.23. The summed E-state index contributed by atoms with van der Waals surface area (Å²) in [5.74, 6) is 0.681.